The molecular formula is C16H23FN2O2. The molecule has 0 fully saturated rings. The summed E-state index contributed by atoms with van der Waals surface area (Å²) in [5.41, 5.74) is 0.459. The summed E-state index contributed by atoms with van der Waals surface area (Å²) in [5.74, 6) is -0.530. The van der Waals surface area contributed by atoms with E-state index in [9.17, 15) is 14.0 Å². The lowest BCUT2D eigenvalue weighted by molar-refractivity contribution is -0.129. The van der Waals surface area contributed by atoms with Crippen LogP contribution in [0.1, 0.15) is 38.7 Å². The molecular weight excluding hydrogens is 271 g/mol. The van der Waals surface area contributed by atoms with Crippen molar-refractivity contribution in [3.63, 3.8) is 0 Å². The number of rotatable bonds is 8. The molecule has 0 heterocycles. The molecule has 1 rings (SSSR count). The van der Waals surface area contributed by atoms with E-state index >= 15 is 0 Å². The zero-order valence-electron chi connectivity index (χ0n) is 12.7. The number of nitrogens with zero attached hydrogens (tertiary/aromatic N) is 1. The van der Waals surface area contributed by atoms with Crippen molar-refractivity contribution < 1.29 is 14.0 Å². The molecule has 116 valence electrons. The van der Waals surface area contributed by atoms with Crippen LogP contribution in [0.25, 0.3) is 0 Å². The topological polar surface area (TPSA) is 49.4 Å². The van der Waals surface area contributed by atoms with Gasteiger partial charge >= 0.3 is 0 Å². The Labute approximate surface area is 125 Å². The van der Waals surface area contributed by atoms with Crippen LogP contribution in [0.2, 0.25) is 0 Å². The van der Waals surface area contributed by atoms with E-state index in [0.29, 0.717) is 18.7 Å². The summed E-state index contributed by atoms with van der Waals surface area (Å²) in [5, 5.41) is 2.67. The normalized spacial score (nSPS) is 10.2. The number of halogens is 1. The number of amides is 2. The molecule has 0 radical (unpaired) electrons. The quantitative estimate of drug-likeness (QED) is 0.801. The van der Waals surface area contributed by atoms with Crippen molar-refractivity contribution in [2.24, 2.45) is 0 Å². The molecule has 0 atom stereocenters. The molecule has 4 nitrogen and oxygen atoms in total. The van der Waals surface area contributed by atoms with Gasteiger partial charge in [0.15, 0.2) is 0 Å². The van der Waals surface area contributed by atoms with E-state index in [-0.39, 0.29) is 30.6 Å². The van der Waals surface area contributed by atoms with Gasteiger partial charge in [0.1, 0.15) is 5.82 Å². The molecule has 1 aromatic rings. The van der Waals surface area contributed by atoms with Crippen LogP contribution in [0.3, 0.4) is 0 Å². The minimum atomic E-state index is -0.328. The van der Waals surface area contributed by atoms with Crippen LogP contribution in [-0.4, -0.2) is 29.8 Å². The minimum Gasteiger partial charge on any atom is -0.352 e. The summed E-state index contributed by atoms with van der Waals surface area (Å²) in [6.07, 6.45) is 2.16. The summed E-state index contributed by atoms with van der Waals surface area (Å²) in [6, 6.07) is 6.34. The summed E-state index contributed by atoms with van der Waals surface area (Å²) in [7, 11) is 0. The lowest BCUT2D eigenvalue weighted by atomic mass is 10.2. The molecule has 0 spiro atoms. The standard InChI is InChI=1S/C16H23FN2O2/c1-3-4-10-19(13(2)20)11-9-16(21)18-12-14-7-5-6-8-15(14)17/h5-8H,3-4,9-12H2,1-2H3,(H,18,21). The van der Waals surface area contributed by atoms with E-state index in [1.54, 1.807) is 23.1 Å². The van der Waals surface area contributed by atoms with Crippen molar-refractivity contribution in [2.75, 3.05) is 13.1 Å². The largest absolute Gasteiger partial charge is 0.352 e. The van der Waals surface area contributed by atoms with E-state index in [1.165, 1.54) is 13.0 Å². The van der Waals surface area contributed by atoms with Crippen LogP contribution in [0.15, 0.2) is 24.3 Å². The molecule has 0 aliphatic carbocycles. The van der Waals surface area contributed by atoms with Gasteiger partial charge in [0.25, 0.3) is 0 Å². The SMILES string of the molecule is CCCCN(CCC(=O)NCc1ccccc1F)C(C)=O. The number of hydrogen-bond acceptors (Lipinski definition) is 2. The number of nitrogens with one attached hydrogen (secondary N) is 1. The highest BCUT2D eigenvalue weighted by Gasteiger charge is 2.11. The molecule has 0 aliphatic heterocycles. The van der Waals surface area contributed by atoms with Crippen molar-refractivity contribution in [2.45, 2.75) is 39.7 Å². The van der Waals surface area contributed by atoms with Crippen LogP contribution in [0.5, 0.6) is 0 Å². The first-order valence-electron chi connectivity index (χ1n) is 7.30. The van der Waals surface area contributed by atoms with Crippen molar-refractivity contribution in [3.05, 3.63) is 35.6 Å². The second-order valence-corrected chi connectivity index (χ2v) is 4.98. The van der Waals surface area contributed by atoms with Crippen LogP contribution in [-0.2, 0) is 16.1 Å². The predicted octanol–water partition coefficient (Wildman–Crippen LogP) is 2.48. The molecule has 1 N–H and O–H groups in total. The number of hydrogen-bond donors (Lipinski definition) is 1. The molecule has 2 amide bonds. The Morgan fingerprint density at radius 2 is 1.95 bits per heavy atom. The molecule has 5 heteroatoms. The van der Waals surface area contributed by atoms with Crippen molar-refractivity contribution in [1.29, 1.82) is 0 Å². The monoisotopic (exact) mass is 294 g/mol. The first-order chi connectivity index (χ1) is 10.0. The van der Waals surface area contributed by atoms with E-state index in [2.05, 4.69) is 12.2 Å². The highest BCUT2D eigenvalue weighted by atomic mass is 19.1. The van der Waals surface area contributed by atoms with Gasteiger partial charge in [-0.3, -0.25) is 9.59 Å². The number of carbonyl (C=O) groups is 2. The van der Waals surface area contributed by atoms with Gasteiger partial charge in [0.05, 0.1) is 0 Å². The average molecular weight is 294 g/mol. The molecule has 0 saturated carbocycles. The van der Waals surface area contributed by atoms with Gasteiger partial charge < -0.3 is 10.2 Å². The summed E-state index contributed by atoms with van der Waals surface area (Å²) < 4.78 is 13.4. The fourth-order valence-electron chi connectivity index (χ4n) is 1.94. The van der Waals surface area contributed by atoms with E-state index in [4.69, 9.17) is 0 Å². The molecule has 21 heavy (non-hydrogen) atoms. The number of unbranched alkanes of at least 4 members (excludes halogenated alkanes) is 1. The summed E-state index contributed by atoms with van der Waals surface area (Å²) >= 11 is 0. The van der Waals surface area contributed by atoms with Crippen LogP contribution in [0, 0.1) is 5.82 Å². The second-order valence-electron chi connectivity index (χ2n) is 4.98. The molecule has 0 aromatic heterocycles. The highest BCUT2D eigenvalue weighted by molar-refractivity contribution is 5.78. The maximum Gasteiger partial charge on any atom is 0.222 e. The van der Waals surface area contributed by atoms with E-state index in [0.717, 1.165) is 12.8 Å². The van der Waals surface area contributed by atoms with Gasteiger partial charge in [-0.05, 0) is 12.5 Å². The summed E-state index contributed by atoms with van der Waals surface area (Å²) in [4.78, 5) is 24.9. The number of benzene rings is 1. The van der Waals surface area contributed by atoms with Gasteiger partial charge in [-0.1, -0.05) is 31.5 Å². The maximum atomic E-state index is 13.4. The molecule has 0 saturated heterocycles. The third-order valence-corrected chi connectivity index (χ3v) is 3.27. The van der Waals surface area contributed by atoms with E-state index < -0.39 is 0 Å². The Bertz CT molecular complexity index is 477. The van der Waals surface area contributed by atoms with Crippen LogP contribution < -0.4 is 5.32 Å². The van der Waals surface area contributed by atoms with Gasteiger partial charge in [-0.2, -0.15) is 0 Å². The van der Waals surface area contributed by atoms with Crippen LogP contribution in [0.4, 0.5) is 4.39 Å². The Morgan fingerprint density at radius 1 is 1.24 bits per heavy atom. The number of carbonyl (C=O) groups excluding carboxylic acids is 2. The van der Waals surface area contributed by atoms with Crippen molar-refractivity contribution >= 4 is 11.8 Å². The third kappa shape index (κ3) is 6.38. The fraction of sp³-hybridized carbons (Fsp3) is 0.500. The predicted molar refractivity (Wildman–Crippen MR) is 80.0 cm³/mol. The zero-order chi connectivity index (χ0) is 15.7. The molecule has 0 aliphatic rings. The molecule has 1 aromatic carbocycles. The van der Waals surface area contributed by atoms with Crippen molar-refractivity contribution in [1.82, 2.24) is 10.2 Å². The Balaban J connectivity index is 2.36. The first-order valence-corrected chi connectivity index (χ1v) is 7.30. The van der Waals surface area contributed by atoms with E-state index in [1.807, 2.05) is 0 Å². The first kappa shape index (κ1) is 17.1. The maximum absolute atomic E-state index is 13.4. The summed E-state index contributed by atoms with van der Waals surface area (Å²) in [6.45, 7) is 4.80. The lowest BCUT2D eigenvalue weighted by Gasteiger charge is -2.20. The Hall–Kier alpha value is -1.91. The van der Waals surface area contributed by atoms with Gasteiger partial charge in [0, 0.05) is 38.5 Å². The third-order valence-electron chi connectivity index (χ3n) is 3.27. The van der Waals surface area contributed by atoms with Crippen molar-refractivity contribution in [3.8, 4) is 0 Å². The zero-order valence-corrected chi connectivity index (χ0v) is 12.7. The van der Waals surface area contributed by atoms with Gasteiger partial charge in [0.2, 0.25) is 11.8 Å². The fourth-order valence-corrected chi connectivity index (χ4v) is 1.94. The smallest absolute Gasteiger partial charge is 0.222 e. The molecule has 0 unspecified atom stereocenters. The lowest BCUT2D eigenvalue weighted by Crippen LogP contribution is -2.34. The molecule has 0 bridgehead atoms. The van der Waals surface area contributed by atoms with Gasteiger partial charge in [-0.25, -0.2) is 4.39 Å². The Kier molecular flexibility index (Phi) is 7.43. The minimum absolute atomic E-state index is 0.0228. The average Bonchev–Trinajstić information content (AvgIpc) is 2.46. The van der Waals surface area contributed by atoms with Gasteiger partial charge in [-0.15, -0.1) is 0 Å². The Morgan fingerprint density at radius 3 is 2.57 bits per heavy atom. The highest BCUT2D eigenvalue weighted by Crippen LogP contribution is 2.05. The second kappa shape index (κ2) is 9.10. The van der Waals surface area contributed by atoms with Crippen LogP contribution >= 0.6 is 0 Å².